The number of nitrogen functional groups attached to an aromatic ring is 1. The summed E-state index contributed by atoms with van der Waals surface area (Å²) in [4.78, 5) is 11.7. The van der Waals surface area contributed by atoms with E-state index in [4.69, 9.17) is 5.73 Å². The molecule has 0 unspecified atom stereocenters. The lowest BCUT2D eigenvalue weighted by molar-refractivity contribution is 0.0836. The van der Waals surface area contributed by atoms with Gasteiger partial charge in [0.2, 0.25) is 0 Å². The van der Waals surface area contributed by atoms with Crippen LogP contribution in [-0.4, -0.2) is 29.7 Å². The van der Waals surface area contributed by atoms with E-state index < -0.39 is 0 Å². The van der Waals surface area contributed by atoms with Gasteiger partial charge in [0, 0.05) is 18.2 Å². The average molecular weight is 249 g/mol. The molecule has 0 aliphatic heterocycles. The number of aliphatic hydroxyl groups is 1. The van der Waals surface area contributed by atoms with E-state index in [1.807, 2.05) is 6.92 Å². The van der Waals surface area contributed by atoms with E-state index in [-0.39, 0.29) is 18.1 Å². The third-order valence-electron chi connectivity index (χ3n) is 3.13. The van der Waals surface area contributed by atoms with Crippen molar-refractivity contribution in [2.45, 2.75) is 31.9 Å². The SMILES string of the molecule is CCNC(=O)c1ccc(N)c(NC2CC(O)C2)c1. The molecule has 0 atom stereocenters. The summed E-state index contributed by atoms with van der Waals surface area (Å²) in [6.45, 7) is 2.48. The zero-order valence-corrected chi connectivity index (χ0v) is 10.4. The highest BCUT2D eigenvalue weighted by Crippen LogP contribution is 2.27. The Labute approximate surface area is 106 Å². The summed E-state index contributed by atoms with van der Waals surface area (Å²) in [7, 11) is 0. The maximum Gasteiger partial charge on any atom is 0.251 e. The third kappa shape index (κ3) is 2.73. The Morgan fingerprint density at radius 1 is 1.50 bits per heavy atom. The number of hydrogen-bond donors (Lipinski definition) is 4. The summed E-state index contributed by atoms with van der Waals surface area (Å²) in [5.74, 6) is -0.103. The van der Waals surface area contributed by atoms with Gasteiger partial charge in [-0.05, 0) is 38.0 Å². The molecule has 5 heteroatoms. The highest BCUT2D eigenvalue weighted by Gasteiger charge is 2.27. The minimum absolute atomic E-state index is 0.103. The number of nitrogens with one attached hydrogen (secondary N) is 2. The normalized spacial score (nSPS) is 22.1. The first-order valence-electron chi connectivity index (χ1n) is 6.22. The van der Waals surface area contributed by atoms with Crippen LogP contribution >= 0.6 is 0 Å². The van der Waals surface area contributed by atoms with E-state index >= 15 is 0 Å². The Morgan fingerprint density at radius 3 is 2.83 bits per heavy atom. The van der Waals surface area contributed by atoms with Gasteiger partial charge in [0.15, 0.2) is 0 Å². The van der Waals surface area contributed by atoms with Crippen LogP contribution in [0.15, 0.2) is 18.2 Å². The lowest BCUT2D eigenvalue weighted by Gasteiger charge is -2.33. The van der Waals surface area contributed by atoms with E-state index in [1.165, 1.54) is 0 Å². The summed E-state index contributed by atoms with van der Waals surface area (Å²) >= 11 is 0. The van der Waals surface area contributed by atoms with Gasteiger partial charge in [0.05, 0.1) is 17.5 Å². The predicted octanol–water partition coefficient (Wildman–Crippen LogP) is 0.954. The number of carbonyl (C=O) groups excluding carboxylic acids is 1. The Hall–Kier alpha value is -1.75. The van der Waals surface area contributed by atoms with Crippen molar-refractivity contribution in [1.29, 1.82) is 0 Å². The summed E-state index contributed by atoms with van der Waals surface area (Å²) in [5.41, 5.74) is 7.83. The van der Waals surface area contributed by atoms with E-state index in [0.29, 0.717) is 17.8 Å². The van der Waals surface area contributed by atoms with E-state index in [1.54, 1.807) is 18.2 Å². The number of carbonyl (C=O) groups is 1. The first-order valence-corrected chi connectivity index (χ1v) is 6.22. The molecule has 5 nitrogen and oxygen atoms in total. The minimum Gasteiger partial charge on any atom is -0.397 e. The van der Waals surface area contributed by atoms with Crippen LogP contribution in [0.25, 0.3) is 0 Å². The molecule has 1 saturated carbocycles. The number of anilines is 2. The van der Waals surface area contributed by atoms with Crippen LogP contribution in [-0.2, 0) is 0 Å². The summed E-state index contributed by atoms with van der Waals surface area (Å²) in [5, 5.41) is 15.2. The van der Waals surface area contributed by atoms with Crippen molar-refractivity contribution in [3.8, 4) is 0 Å². The molecule has 18 heavy (non-hydrogen) atoms. The third-order valence-corrected chi connectivity index (χ3v) is 3.13. The van der Waals surface area contributed by atoms with Crippen LogP contribution in [0.5, 0.6) is 0 Å². The monoisotopic (exact) mass is 249 g/mol. The highest BCUT2D eigenvalue weighted by molar-refractivity contribution is 5.96. The van der Waals surface area contributed by atoms with Gasteiger partial charge >= 0.3 is 0 Å². The van der Waals surface area contributed by atoms with Crippen molar-refractivity contribution < 1.29 is 9.90 Å². The number of benzene rings is 1. The van der Waals surface area contributed by atoms with Crippen molar-refractivity contribution in [2.24, 2.45) is 0 Å². The maximum atomic E-state index is 11.7. The van der Waals surface area contributed by atoms with Crippen molar-refractivity contribution in [3.63, 3.8) is 0 Å². The first-order chi connectivity index (χ1) is 8.60. The van der Waals surface area contributed by atoms with Gasteiger partial charge in [-0.3, -0.25) is 4.79 Å². The minimum atomic E-state index is -0.213. The van der Waals surface area contributed by atoms with Gasteiger partial charge in [-0.2, -0.15) is 0 Å². The second kappa shape index (κ2) is 5.27. The van der Waals surface area contributed by atoms with Crippen LogP contribution in [0.3, 0.4) is 0 Å². The number of aliphatic hydroxyl groups excluding tert-OH is 1. The first kappa shape index (κ1) is 12.7. The molecule has 2 rings (SSSR count). The molecule has 1 aromatic carbocycles. The quantitative estimate of drug-likeness (QED) is 0.598. The zero-order valence-electron chi connectivity index (χ0n) is 10.4. The molecule has 0 heterocycles. The lowest BCUT2D eigenvalue weighted by Crippen LogP contribution is -2.39. The van der Waals surface area contributed by atoms with Crippen LogP contribution in [0.2, 0.25) is 0 Å². The number of rotatable bonds is 4. The molecule has 5 N–H and O–H groups in total. The number of nitrogens with two attached hydrogens (primary N) is 1. The Bertz CT molecular complexity index is 442. The molecule has 0 aromatic heterocycles. The van der Waals surface area contributed by atoms with Gasteiger partial charge in [-0.1, -0.05) is 0 Å². The van der Waals surface area contributed by atoms with Gasteiger partial charge < -0.3 is 21.5 Å². The number of amides is 1. The molecule has 0 radical (unpaired) electrons. The molecule has 0 spiro atoms. The Morgan fingerprint density at radius 2 is 2.22 bits per heavy atom. The fraction of sp³-hybridized carbons (Fsp3) is 0.462. The standard InChI is InChI=1S/C13H19N3O2/c1-2-15-13(18)8-3-4-11(14)12(5-8)16-9-6-10(17)7-9/h3-5,9-10,16-17H,2,6-7,14H2,1H3,(H,15,18). The average Bonchev–Trinajstić information content (AvgIpc) is 2.30. The molecule has 0 bridgehead atoms. The molecule has 0 saturated heterocycles. The molecule has 98 valence electrons. The zero-order chi connectivity index (χ0) is 13.1. The van der Waals surface area contributed by atoms with E-state index in [0.717, 1.165) is 18.5 Å². The summed E-state index contributed by atoms with van der Waals surface area (Å²) in [6.07, 6.45) is 1.24. The molecule has 1 aromatic rings. The van der Waals surface area contributed by atoms with Crippen LogP contribution < -0.4 is 16.4 Å². The van der Waals surface area contributed by atoms with E-state index in [2.05, 4.69) is 10.6 Å². The second-order valence-electron chi connectivity index (χ2n) is 4.63. The lowest BCUT2D eigenvalue weighted by atomic mass is 9.89. The number of hydrogen-bond acceptors (Lipinski definition) is 4. The molecule has 1 aliphatic carbocycles. The highest BCUT2D eigenvalue weighted by atomic mass is 16.3. The topological polar surface area (TPSA) is 87.4 Å². The van der Waals surface area contributed by atoms with Crippen LogP contribution in [0, 0.1) is 0 Å². The fourth-order valence-electron chi connectivity index (χ4n) is 2.01. The van der Waals surface area contributed by atoms with Crippen molar-refractivity contribution in [1.82, 2.24) is 5.32 Å². The fourth-order valence-corrected chi connectivity index (χ4v) is 2.01. The van der Waals surface area contributed by atoms with Gasteiger partial charge in [0.25, 0.3) is 5.91 Å². The summed E-state index contributed by atoms with van der Waals surface area (Å²) in [6, 6.07) is 5.43. The Kier molecular flexibility index (Phi) is 3.72. The molecular weight excluding hydrogens is 230 g/mol. The predicted molar refractivity (Wildman–Crippen MR) is 71.5 cm³/mol. The maximum absolute atomic E-state index is 11.7. The Balaban J connectivity index is 2.09. The van der Waals surface area contributed by atoms with E-state index in [9.17, 15) is 9.90 Å². The van der Waals surface area contributed by atoms with Crippen LogP contribution in [0.4, 0.5) is 11.4 Å². The smallest absolute Gasteiger partial charge is 0.251 e. The molecule has 1 aliphatic rings. The van der Waals surface area contributed by atoms with Crippen molar-refractivity contribution >= 4 is 17.3 Å². The molecule has 1 amide bonds. The molecular formula is C13H19N3O2. The summed E-state index contributed by atoms with van der Waals surface area (Å²) < 4.78 is 0. The van der Waals surface area contributed by atoms with Crippen LogP contribution in [0.1, 0.15) is 30.1 Å². The largest absolute Gasteiger partial charge is 0.397 e. The van der Waals surface area contributed by atoms with Gasteiger partial charge in [0.1, 0.15) is 0 Å². The van der Waals surface area contributed by atoms with Gasteiger partial charge in [-0.25, -0.2) is 0 Å². The van der Waals surface area contributed by atoms with Crippen molar-refractivity contribution in [2.75, 3.05) is 17.6 Å². The van der Waals surface area contributed by atoms with Gasteiger partial charge in [-0.15, -0.1) is 0 Å². The van der Waals surface area contributed by atoms with Crippen molar-refractivity contribution in [3.05, 3.63) is 23.8 Å². The second-order valence-corrected chi connectivity index (χ2v) is 4.63. The molecule has 1 fully saturated rings.